The van der Waals surface area contributed by atoms with Crippen molar-refractivity contribution in [2.75, 3.05) is 5.75 Å². The maximum atomic E-state index is 10.4. The maximum Gasteiger partial charge on any atom is 1.00 e. The molecular formula is C17H33NaO3S. The Labute approximate surface area is 160 Å². The second-order valence-corrected chi connectivity index (χ2v) is 7.46. The summed E-state index contributed by atoms with van der Waals surface area (Å²) in [5, 5.41) is 0. The Balaban J connectivity index is 0. The molecular weight excluding hydrogens is 307 g/mol. The topological polar surface area (TPSA) is 57.2 Å². The van der Waals surface area contributed by atoms with Crippen LogP contribution in [0.15, 0.2) is 12.7 Å². The van der Waals surface area contributed by atoms with E-state index in [0.717, 1.165) is 19.3 Å². The third kappa shape index (κ3) is 22.9. The van der Waals surface area contributed by atoms with E-state index in [1.54, 1.807) is 0 Å². The third-order valence-electron chi connectivity index (χ3n) is 3.80. The molecule has 22 heavy (non-hydrogen) atoms. The van der Waals surface area contributed by atoms with Gasteiger partial charge in [0.2, 0.25) is 0 Å². The Hall–Kier alpha value is 0.650. The van der Waals surface area contributed by atoms with E-state index in [1.165, 1.54) is 64.2 Å². The van der Waals surface area contributed by atoms with Crippen molar-refractivity contribution in [3.63, 3.8) is 0 Å². The molecule has 0 aliphatic heterocycles. The molecule has 0 bridgehead atoms. The fraction of sp³-hybridized carbons (Fsp3) is 0.882. The van der Waals surface area contributed by atoms with Gasteiger partial charge in [-0.1, -0.05) is 76.7 Å². The van der Waals surface area contributed by atoms with Crippen molar-refractivity contribution in [1.29, 1.82) is 0 Å². The second kappa shape index (κ2) is 18.0. The van der Waals surface area contributed by atoms with Crippen molar-refractivity contribution >= 4 is 10.1 Å². The second-order valence-electron chi connectivity index (χ2n) is 5.94. The summed E-state index contributed by atoms with van der Waals surface area (Å²) in [4.78, 5) is 0. The summed E-state index contributed by atoms with van der Waals surface area (Å²) >= 11 is 0. The SMILES string of the molecule is C=CCCCCCCCCCCCCCCCS(=O)(=O)[O-].[Na+]. The van der Waals surface area contributed by atoms with E-state index in [9.17, 15) is 13.0 Å². The number of allylic oxidation sites excluding steroid dienone is 1. The van der Waals surface area contributed by atoms with Crippen LogP contribution in [0.2, 0.25) is 0 Å². The fourth-order valence-corrected chi connectivity index (χ4v) is 3.07. The average molecular weight is 341 g/mol. The van der Waals surface area contributed by atoms with E-state index < -0.39 is 10.1 Å². The fourth-order valence-electron chi connectivity index (χ4n) is 2.51. The molecule has 0 unspecified atom stereocenters. The van der Waals surface area contributed by atoms with E-state index >= 15 is 0 Å². The largest absolute Gasteiger partial charge is 1.00 e. The van der Waals surface area contributed by atoms with Crippen LogP contribution in [0.4, 0.5) is 0 Å². The molecule has 0 saturated carbocycles. The van der Waals surface area contributed by atoms with E-state index in [4.69, 9.17) is 0 Å². The van der Waals surface area contributed by atoms with E-state index in [2.05, 4.69) is 6.58 Å². The Morgan fingerprint density at radius 1 is 0.682 bits per heavy atom. The van der Waals surface area contributed by atoms with Gasteiger partial charge in [0.1, 0.15) is 0 Å². The van der Waals surface area contributed by atoms with Gasteiger partial charge in [-0.15, -0.1) is 6.58 Å². The quantitative estimate of drug-likeness (QED) is 0.187. The van der Waals surface area contributed by atoms with Crippen LogP contribution in [0.5, 0.6) is 0 Å². The van der Waals surface area contributed by atoms with Crippen LogP contribution >= 0.6 is 0 Å². The standard InChI is InChI=1S/C17H34O3S.Na/c1-2-3-4-5-6-7-8-9-10-11-12-13-14-15-16-17-21(18,19)20;/h2H,1,3-17H2,(H,18,19,20);/q;+1/p-1. The minimum atomic E-state index is -4.00. The van der Waals surface area contributed by atoms with Crippen molar-refractivity contribution in [3.8, 4) is 0 Å². The first-order valence-corrected chi connectivity index (χ1v) is 10.2. The molecule has 0 aromatic carbocycles. The minimum absolute atomic E-state index is 0. The summed E-state index contributed by atoms with van der Waals surface area (Å²) < 4.78 is 31.2. The van der Waals surface area contributed by atoms with Crippen LogP contribution in [0.3, 0.4) is 0 Å². The first-order valence-electron chi connectivity index (χ1n) is 8.61. The number of unbranched alkanes of at least 4 members (excludes halogenated alkanes) is 13. The Bertz CT molecular complexity index is 329. The van der Waals surface area contributed by atoms with Gasteiger partial charge >= 0.3 is 29.6 Å². The minimum Gasteiger partial charge on any atom is -0.748 e. The predicted octanol–water partition coefficient (Wildman–Crippen LogP) is 2.18. The van der Waals surface area contributed by atoms with E-state index in [-0.39, 0.29) is 35.3 Å². The summed E-state index contributed by atoms with van der Waals surface area (Å²) in [5.41, 5.74) is 0. The zero-order valence-corrected chi connectivity index (χ0v) is 17.3. The van der Waals surface area contributed by atoms with Gasteiger partial charge in [0.05, 0.1) is 10.1 Å². The van der Waals surface area contributed by atoms with Crippen molar-refractivity contribution in [1.82, 2.24) is 0 Å². The molecule has 0 heterocycles. The zero-order valence-electron chi connectivity index (χ0n) is 14.5. The summed E-state index contributed by atoms with van der Waals surface area (Å²) in [7, 11) is -4.00. The van der Waals surface area contributed by atoms with Crippen LogP contribution in [-0.4, -0.2) is 18.7 Å². The monoisotopic (exact) mass is 340 g/mol. The smallest absolute Gasteiger partial charge is 0.748 e. The van der Waals surface area contributed by atoms with Crippen molar-refractivity contribution < 1.29 is 42.5 Å². The van der Waals surface area contributed by atoms with E-state index in [1.807, 2.05) is 6.08 Å². The van der Waals surface area contributed by atoms with Gasteiger partial charge in [-0.2, -0.15) is 0 Å². The van der Waals surface area contributed by atoms with E-state index in [0.29, 0.717) is 6.42 Å². The van der Waals surface area contributed by atoms with Crippen molar-refractivity contribution in [2.45, 2.75) is 89.9 Å². The molecule has 0 fully saturated rings. The molecule has 0 N–H and O–H groups in total. The molecule has 0 rings (SSSR count). The molecule has 0 spiro atoms. The molecule has 3 nitrogen and oxygen atoms in total. The van der Waals surface area contributed by atoms with Gasteiger partial charge in [0.15, 0.2) is 0 Å². The summed E-state index contributed by atoms with van der Waals surface area (Å²) in [6.45, 7) is 3.73. The summed E-state index contributed by atoms with van der Waals surface area (Å²) in [6, 6.07) is 0. The predicted molar refractivity (Wildman–Crippen MR) is 89.4 cm³/mol. The van der Waals surface area contributed by atoms with Crippen LogP contribution in [0.1, 0.15) is 89.9 Å². The molecule has 0 aromatic rings. The molecule has 0 saturated heterocycles. The molecule has 0 aromatic heterocycles. The Morgan fingerprint density at radius 3 is 1.32 bits per heavy atom. The molecule has 126 valence electrons. The van der Waals surface area contributed by atoms with Gasteiger partial charge in [0.25, 0.3) is 0 Å². The first kappa shape index (κ1) is 24.9. The van der Waals surface area contributed by atoms with Gasteiger partial charge in [0, 0.05) is 5.75 Å². The molecule has 0 atom stereocenters. The molecule has 5 heteroatoms. The van der Waals surface area contributed by atoms with Crippen LogP contribution < -0.4 is 29.6 Å². The Morgan fingerprint density at radius 2 is 1.00 bits per heavy atom. The molecule has 0 aliphatic carbocycles. The molecule has 0 aliphatic rings. The van der Waals surface area contributed by atoms with Crippen LogP contribution in [0.25, 0.3) is 0 Å². The Kier molecular flexibility index (Phi) is 20.4. The summed E-state index contributed by atoms with van der Waals surface area (Å²) in [6.07, 6.45) is 18.7. The van der Waals surface area contributed by atoms with Crippen LogP contribution in [-0.2, 0) is 10.1 Å². The van der Waals surface area contributed by atoms with Crippen molar-refractivity contribution in [2.24, 2.45) is 0 Å². The van der Waals surface area contributed by atoms with Crippen LogP contribution in [0, 0.1) is 0 Å². The zero-order chi connectivity index (χ0) is 15.8. The van der Waals surface area contributed by atoms with Gasteiger partial charge in [-0.3, -0.25) is 0 Å². The molecule has 0 radical (unpaired) electrons. The van der Waals surface area contributed by atoms with Gasteiger partial charge in [-0.25, -0.2) is 8.42 Å². The maximum absolute atomic E-state index is 10.4. The first-order chi connectivity index (χ1) is 10.1. The number of hydrogen-bond donors (Lipinski definition) is 0. The number of rotatable bonds is 16. The average Bonchev–Trinajstić information content (AvgIpc) is 2.42. The normalized spacial score (nSPS) is 11.1. The summed E-state index contributed by atoms with van der Waals surface area (Å²) in [5.74, 6) is -0.195. The van der Waals surface area contributed by atoms with Gasteiger partial charge < -0.3 is 4.55 Å². The van der Waals surface area contributed by atoms with Crippen molar-refractivity contribution in [3.05, 3.63) is 12.7 Å². The third-order valence-corrected chi connectivity index (χ3v) is 4.59. The number of hydrogen-bond acceptors (Lipinski definition) is 3. The van der Waals surface area contributed by atoms with Gasteiger partial charge in [-0.05, 0) is 19.3 Å². The molecule has 0 amide bonds.